The number of benzene rings is 1. The minimum absolute atomic E-state index is 0.00131. The van der Waals surface area contributed by atoms with Crippen molar-refractivity contribution < 1.29 is 18.7 Å². The Labute approximate surface area is 187 Å². The van der Waals surface area contributed by atoms with Crippen LogP contribution in [0.4, 0.5) is 10.5 Å². The number of hydrogen-bond acceptors (Lipinski definition) is 6. The smallest absolute Gasteiger partial charge is 0.414 e. The van der Waals surface area contributed by atoms with Gasteiger partial charge in [-0.1, -0.05) is 18.2 Å². The fourth-order valence-electron chi connectivity index (χ4n) is 2.34. The molecule has 2 aromatic rings. The molecular formula is C21H22IN3O5. The third kappa shape index (κ3) is 5.29. The molecule has 158 valence electrons. The molecule has 8 nitrogen and oxygen atoms in total. The highest BCUT2D eigenvalue weighted by atomic mass is 127. The SMILES string of the molecule is C\C=C/C=C(C(=O)Nc1c(I)c2ccc(OC(=O)N(C)C)cc2oc1=O)\C(N)=C/C. The van der Waals surface area contributed by atoms with Crippen molar-refractivity contribution in [2.45, 2.75) is 13.8 Å². The number of anilines is 1. The van der Waals surface area contributed by atoms with Crippen LogP contribution >= 0.6 is 22.6 Å². The van der Waals surface area contributed by atoms with Gasteiger partial charge >= 0.3 is 11.7 Å². The lowest BCUT2D eigenvalue weighted by Crippen LogP contribution is -2.25. The van der Waals surface area contributed by atoms with Gasteiger partial charge in [-0.25, -0.2) is 9.59 Å². The van der Waals surface area contributed by atoms with Crippen LogP contribution in [0.3, 0.4) is 0 Å². The van der Waals surface area contributed by atoms with Crippen LogP contribution in [0, 0.1) is 3.57 Å². The van der Waals surface area contributed by atoms with Gasteiger partial charge < -0.3 is 25.1 Å². The van der Waals surface area contributed by atoms with Gasteiger partial charge in [-0.15, -0.1) is 0 Å². The Morgan fingerprint density at radius 2 is 1.97 bits per heavy atom. The number of halogens is 1. The van der Waals surface area contributed by atoms with Gasteiger partial charge in [-0.05, 0) is 54.6 Å². The molecule has 0 saturated heterocycles. The van der Waals surface area contributed by atoms with Crippen LogP contribution in [-0.2, 0) is 4.79 Å². The zero-order chi connectivity index (χ0) is 22.4. The molecule has 0 radical (unpaired) electrons. The van der Waals surface area contributed by atoms with E-state index in [1.807, 2.05) is 29.5 Å². The molecule has 2 rings (SSSR count). The highest BCUT2D eigenvalue weighted by molar-refractivity contribution is 14.1. The first-order valence-electron chi connectivity index (χ1n) is 8.91. The first-order valence-corrected chi connectivity index (χ1v) is 9.99. The molecule has 0 unspecified atom stereocenters. The summed E-state index contributed by atoms with van der Waals surface area (Å²) in [6.45, 7) is 3.52. The van der Waals surface area contributed by atoms with Gasteiger partial charge in [-0.2, -0.15) is 0 Å². The molecule has 0 spiro atoms. The molecule has 1 aromatic carbocycles. The number of nitrogens with two attached hydrogens (primary N) is 1. The molecule has 0 aliphatic rings. The van der Waals surface area contributed by atoms with Gasteiger partial charge in [0.05, 0.1) is 9.14 Å². The van der Waals surface area contributed by atoms with Crippen molar-refractivity contribution in [3.05, 3.63) is 67.8 Å². The largest absolute Gasteiger partial charge is 0.421 e. The van der Waals surface area contributed by atoms with Crippen molar-refractivity contribution >= 4 is 51.2 Å². The molecular weight excluding hydrogens is 501 g/mol. The molecule has 0 saturated carbocycles. The van der Waals surface area contributed by atoms with E-state index in [0.717, 1.165) is 0 Å². The van der Waals surface area contributed by atoms with E-state index in [2.05, 4.69) is 5.32 Å². The number of amides is 2. The number of rotatable bonds is 5. The van der Waals surface area contributed by atoms with E-state index in [9.17, 15) is 14.4 Å². The molecule has 0 bridgehead atoms. The summed E-state index contributed by atoms with van der Waals surface area (Å²) in [7, 11) is 3.11. The van der Waals surface area contributed by atoms with Crippen molar-refractivity contribution in [2.24, 2.45) is 5.73 Å². The Morgan fingerprint density at radius 1 is 1.27 bits per heavy atom. The fraction of sp³-hybridized carbons (Fsp3) is 0.190. The number of ether oxygens (including phenoxy) is 1. The lowest BCUT2D eigenvalue weighted by atomic mass is 10.1. The normalized spacial score (nSPS) is 12.3. The minimum atomic E-state index is -0.735. The van der Waals surface area contributed by atoms with Gasteiger partial charge in [-0.3, -0.25) is 4.79 Å². The van der Waals surface area contributed by atoms with E-state index >= 15 is 0 Å². The van der Waals surface area contributed by atoms with Crippen molar-refractivity contribution in [1.29, 1.82) is 0 Å². The highest BCUT2D eigenvalue weighted by Crippen LogP contribution is 2.28. The van der Waals surface area contributed by atoms with E-state index in [4.69, 9.17) is 14.9 Å². The van der Waals surface area contributed by atoms with E-state index < -0.39 is 17.6 Å². The quantitative estimate of drug-likeness (QED) is 0.267. The van der Waals surface area contributed by atoms with E-state index in [-0.39, 0.29) is 28.3 Å². The Hall–Kier alpha value is -3.08. The Bertz CT molecular complexity index is 1130. The summed E-state index contributed by atoms with van der Waals surface area (Å²) < 4.78 is 11.0. The zero-order valence-electron chi connectivity index (χ0n) is 17.0. The molecule has 0 fully saturated rings. The number of nitrogens with one attached hydrogen (secondary N) is 1. The summed E-state index contributed by atoms with van der Waals surface area (Å²) in [5.74, 6) is -0.306. The van der Waals surface area contributed by atoms with Gasteiger partial charge in [0.15, 0.2) is 0 Å². The van der Waals surface area contributed by atoms with E-state index in [0.29, 0.717) is 8.96 Å². The minimum Gasteiger partial charge on any atom is -0.421 e. The highest BCUT2D eigenvalue weighted by Gasteiger charge is 2.19. The summed E-state index contributed by atoms with van der Waals surface area (Å²) in [6.07, 6.45) is 6.03. The molecule has 1 heterocycles. The van der Waals surface area contributed by atoms with Crippen LogP contribution in [0.15, 0.2) is 63.0 Å². The third-order valence-corrected chi connectivity index (χ3v) is 5.07. The average Bonchev–Trinajstić information content (AvgIpc) is 2.70. The molecule has 0 atom stereocenters. The van der Waals surface area contributed by atoms with Crippen molar-refractivity contribution in [3.63, 3.8) is 0 Å². The molecule has 0 aliphatic heterocycles. The van der Waals surface area contributed by atoms with Crippen LogP contribution in [0.25, 0.3) is 11.0 Å². The van der Waals surface area contributed by atoms with Crippen molar-refractivity contribution in [2.75, 3.05) is 19.4 Å². The van der Waals surface area contributed by atoms with Crippen LogP contribution in [-0.4, -0.2) is 31.0 Å². The van der Waals surface area contributed by atoms with Crippen molar-refractivity contribution in [3.8, 4) is 5.75 Å². The molecule has 2 amide bonds. The first kappa shape index (κ1) is 23.2. The van der Waals surface area contributed by atoms with Gasteiger partial charge in [0.1, 0.15) is 17.0 Å². The number of carbonyl (C=O) groups is 2. The summed E-state index contributed by atoms with van der Waals surface area (Å²) in [4.78, 5) is 38.2. The summed E-state index contributed by atoms with van der Waals surface area (Å²) in [5, 5.41) is 3.17. The maximum atomic E-state index is 12.7. The number of nitrogens with zero attached hydrogens (tertiary/aromatic N) is 1. The number of hydrogen-bond donors (Lipinski definition) is 2. The van der Waals surface area contributed by atoms with Crippen LogP contribution < -0.4 is 21.4 Å². The molecule has 3 N–H and O–H groups in total. The summed E-state index contributed by atoms with van der Waals surface area (Å²) >= 11 is 1.95. The van der Waals surface area contributed by atoms with Crippen LogP contribution in [0.1, 0.15) is 13.8 Å². The predicted octanol–water partition coefficient (Wildman–Crippen LogP) is 3.76. The average molecular weight is 523 g/mol. The standard InChI is InChI=1S/C21H22IN3O5/c1-5-7-8-13(15(23)6-2)19(26)24-18-17(22)14-10-9-12(29-21(28)25(3)4)11-16(14)30-20(18)27/h5-11H,23H2,1-4H3,(H,24,26)/b7-5-,13-8+,15-6+. The fourth-order valence-corrected chi connectivity index (χ4v) is 3.14. The number of fused-ring (bicyclic) bond motifs is 1. The van der Waals surface area contributed by atoms with Crippen molar-refractivity contribution in [1.82, 2.24) is 4.90 Å². The first-order chi connectivity index (χ1) is 14.2. The topological polar surface area (TPSA) is 115 Å². The van der Waals surface area contributed by atoms with Gasteiger partial charge in [0, 0.05) is 31.2 Å². The summed E-state index contributed by atoms with van der Waals surface area (Å²) in [6, 6.07) is 4.67. The van der Waals surface area contributed by atoms with E-state index in [1.165, 1.54) is 11.0 Å². The number of carbonyl (C=O) groups excluding carboxylic acids is 2. The summed E-state index contributed by atoms with van der Waals surface area (Å²) in [5.41, 5.74) is 5.89. The Balaban J connectivity index is 2.45. The zero-order valence-corrected chi connectivity index (χ0v) is 19.1. The third-order valence-electron chi connectivity index (χ3n) is 3.95. The van der Waals surface area contributed by atoms with Crippen LogP contribution in [0.5, 0.6) is 5.75 Å². The van der Waals surface area contributed by atoms with E-state index in [1.54, 1.807) is 57.5 Å². The Kier molecular flexibility index (Phi) is 7.81. The molecule has 0 aliphatic carbocycles. The second-order valence-corrected chi connectivity index (χ2v) is 7.38. The lowest BCUT2D eigenvalue weighted by Gasteiger charge is -2.12. The number of allylic oxidation sites excluding steroid dienone is 4. The molecule has 30 heavy (non-hydrogen) atoms. The maximum Gasteiger partial charge on any atom is 0.414 e. The second-order valence-electron chi connectivity index (χ2n) is 6.30. The molecule has 1 aromatic heterocycles. The lowest BCUT2D eigenvalue weighted by molar-refractivity contribution is -0.112. The van der Waals surface area contributed by atoms with Gasteiger partial charge in [0.2, 0.25) is 0 Å². The molecule has 9 heteroatoms. The van der Waals surface area contributed by atoms with Gasteiger partial charge in [0.25, 0.3) is 5.91 Å². The monoisotopic (exact) mass is 523 g/mol. The Morgan fingerprint density at radius 3 is 2.57 bits per heavy atom. The van der Waals surface area contributed by atoms with Crippen LogP contribution in [0.2, 0.25) is 0 Å². The maximum absolute atomic E-state index is 12.7. The predicted molar refractivity (Wildman–Crippen MR) is 124 cm³/mol. The second kappa shape index (κ2) is 10.1.